The minimum absolute atomic E-state index is 0.153. The third-order valence-electron chi connectivity index (χ3n) is 11.4. The van der Waals surface area contributed by atoms with Crippen molar-refractivity contribution < 1.29 is 0 Å². The molecule has 0 bridgehead atoms. The van der Waals surface area contributed by atoms with E-state index in [4.69, 9.17) is 0 Å². The number of benzene rings is 8. The van der Waals surface area contributed by atoms with Gasteiger partial charge in [-0.25, -0.2) is 0 Å². The molecule has 9 aromatic rings. The Morgan fingerprint density at radius 1 is 0.357 bits per heavy atom. The molecular weight excluding hydrogens is 675 g/mol. The Balaban J connectivity index is 0.973. The summed E-state index contributed by atoms with van der Waals surface area (Å²) in [6, 6.07) is 71.9. The van der Waals surface area contributed by atoms with Gasteiger partial charge in [0.05, 0.1) is 11.0 Å². The van der Waals surface area contributed by atoms with Crippen molar-refractivity contribution in [2.75, 3.05) is 0 Å². The van der Waals surface area contributed by atoms with Crippen molar-refractivity contribution in [3.05, 3.63) is 222 Å². The SMILES string of the molecule is CCCc1ccc2c(c1)c1cc(CCC)ccc1n2-c1ccc(-c2ccc(-c3ccc(C(c4ccccc4)c4ccc(-c5ccccc5)cc4)cc3)cc2)cc1. The van der Waals surface area contributed by atoms with Gasteiger partial charge >= 0.3 is 0 Å². The Morgan fingerprint density at radius 2 is 0.714 bits per heavy atom. The molecule has 0 saturated heterocycles. The average molecular weight is 722 g/mol. The molecule has 0 fully saturated rings. The fourth-order valence-corrected chi connectivity index (χ4v) is 8.53. The number of aromatic nitrogens is 1. The van der Waals surface area contributed by atoms with E-state index in [-0.39, 0.29) is 5.92 Å². The number of hydrogen-bond acceptors (Lipinski definition) is 0. The topological polar surface area (TPSA) is 4.93 Å². The van der Waals surface area contributed by atoms with E-state index in [1.165, 1.54) is 88.7 Å². The van der Waals surface area contributed by atoms with Crippen LogP contribution in [0.2, 0.25) is 0 Å². The average Bonchev–Trinajstić information content (AvgIpc) is 3.58. The van der Waals surface area contributed by atoms with E-state index in [0.717, 1.165) is 25.7 Å². The highest BCUT2D eigenvalue weighted by atomic mass is 15.0. The Bertz CT molecular complexity index is 2640. The molecule has 0 saturated carbocycles. The molecule has 8 aromatic carbocycles. The summed E-state index contributed by atoms with van der Waals surface area (Å²) in [5.41, 5.74) is 17.8. The molecule has 0 spiro atoms. The zero-order valence-electron chi connectivity index (χ0n) is 32.3. The molecule has 56 heavy (non-hydrogen) atoms. The van der Waals surface area contributed by atoms with E-state index >= 15 is 0 Å². The third-order valence-corrected chi connectivity index (χ3v) is 11.4. The van der Waals surface area contributed by atoms with Crippen LogP contribution in [0.5, 0.6) is 0 Å². The third kappa shape index (κ3) is 6.98. The number of rotatable bonds is 11. The van der Waals surface area contributed by atoms with Crippen molar-refractivity contribution in [2.24, 2.45) is 0 Å². The molecule has 1 unspecified atom stereocenters. The molecule has 0 aliphatic carbocycles. The van der Waals surface area contributed by atoms with Crippen LogP contribution in [0.3, 0.4) is 0 Å². The maximum absolute atomic E-state index is 2.44. The molecular formula is C55H47N. The Hall–Kier alpha value is -6.44. The summed E-state index contributed by atoms with van der Waals surface area (Å²) in [4.78, 5) is 0. The molecule has 0 aliphatic heterocycles. The molecule has 0 N–H and O–H groups in total. The van der Waals surface area contributed by atoms with E-state index in [2.05, 4.69) is 213 Å². The van der Waals surface area contributed by atoms with Crippen molar-refractivity contribution in [3.8, 4) is 39.1 Å². The number of hydrogen-bond donors (Lipinski definition) is 0. The molecule has 1 atom stereocenters. The van der Waals surface area contributed by atoms with Gasteiger partial charge in [0.15, 0.2) is 0 Å². The van der Waals surface area contributed by atoms with Crippen LogP contribution in [-0.2, 0) is 12.8 Å². The fourth-order valence-electron chi connectivity index (χ4n) is 8.53. The van der Waals surface area contributed by atoms with Crippen molar-refractivity contribution in [2.45, 2.75) is 45.4 Å². The van der Waals surface area contributed by atoms with E-state index in [1.54, 1.807) is 0 Å². The van der Waals surface area contributed by atoms with Crippen molar-refractivity contribution in [1.29, 1.82) is 0 Å². The maximum Gasteiger partial charge on any atom is 0.0541 e. The van der Waals surface area contributed by atoms with E-state index in [9.17, 15) is 0 Å². The van der Waals surface area contributed by atoms with Crippen LogP contribution in [0.15, 0.2) is 194 Å². The molecule has 1 heteroatoms. The summed E-state index contributed by atoms with van der Waals surface area (Å²) in [5.74, 6) is 0.153. The standard InChI is InChI=1S/C55H47N/c1-3-11-39-17-35-53-51(37-39)52-38-40(12-4-2)18-36-54(52)56(53)50-33-31-46(32-34-50)44-21-19-43(20-22-44)45-25-29-49(30-26-45)55(47-15-9-6-10-16-47)48-27-23-42(24-28-48)41-13-7-5-8-14-41/h5-10,13-38,55H,3-4,11-12H2,1-2H3. The lowest BCUT2D eigenvalue weighted by Crippen LogP contribution is -2.03. The fraction of sp³-hybridized carbons (Fsp3) is 0.127. The summed E-state index contributed by atoms with van der Waals surface area (Å²) in [6.45, 7) is 4.52. The summed E-state index contributed by atoms with van der Waals surface area (Å²) in [7, 11) is 0. The van der Waals surface area contributed by atoms with Crippen LogP contribution in [0.25, 0.3) is 60.9 Å². The second-order valence-corrected chi connectivity index (χ2v) is 15.1. The van der Waals surface area contributed by atoms with Crippen LogP contribution >= 0.6 is 0 Å². The van der Waals surface area contributed by atoms with E-state index in [0.29, 0.717) is 0 Å². The lowest BCUT2D eigenvalue weighted by Gasteiger charge is -2.20. The van der Waals surface area contributed by atoms with Gasteiger partial charge in [-0.15, -0.1) is 0 Å². The predicted octanol–water partition coefficient (Wildman–Crippen LogP) is 14.9. The molecule has 0 radical (unpaired) electrons. The number of fused-ring (bicyclic) bond motifs is 3. The molecule has 0 amide bonds. The molecule has 0 aliphatic rings. The van der Waals surface area contributed by atoms with E-state index in [1.807, 2.05) is 0 Å². The summed E-state index contributed by atoms with van der Waals surface area (Å²) in [6.07, 6.45) is 4.52. The summed E-state index contributed by atoms with van der Waals surface area (Å²) >= 11 is 0. The van der Waals surface area contributed by atoms with Crippen LogP contribution in [0, 0.1) is 0 Å². The van der Waals surface area contributed by atoms with Gasteiger partial charge in [-0.3, -0.25) is 0 Å². The van der Waals surface area contributed by atoms with Crippen molar-refractivity contribution >= 4 is 21.8 Å². The summed E-state index contributed by atoms with van der Waals surface area (Å²) < 4.78 is 2.44. The van der Waals surface area contributed by atoms with Gasteiger partial charge in [0.2, 0.25) is 0 Å². The lowest BCUT2D eigenvalue weighted by molar-refractivity contribution is 0.923. The van der Waals surface area contributed by atoms with Crippen molar-refractivity contribution in [1.82, 2.24) is 4.57 Å². The summed E-state index contributed by atoms with van der Waals surface area (Å²) in [5, 5.41) is 2.70. The molecule has 1 aromatic heterocycles. The monoisotopic (exact) mass is 721 g/mol. The van der Waals surface area contributed by atoms with Gasteiger partial charge < -0.3 is 4.57 Å². The predicted molar refractivity (Wildman–Crippen MR) is 239 cm³/mol. The van der Waals surface area contributed by atoms with Gasteiger partial charge in [-0.1, -0.05) is 184 Å². The molecule has 9 rings (SSSR count). The zero-order chi connectivity index (χ0) is 37.8. The first-order chi connectivity index (χ1) is 27.7. The van der Waals surface area contributed by atoms with Crippen LogP contribution < -0.4 is 0 Å². The second kappa shape index (κ2) is 15.7. The van der Waals surface area contributed by atoms with Crippen LogP contribution in [-0.4, -0.2) is 4.57 Å². The Morgan fingerprint density at radius 3 is 1.14 bits per heavy atom. The van der Waals surface area contributed by atoms with Gasteiger partial charge in [0.25, 0.3) is 0 Å². The van der Waals surface area contributed by atoms with Crippen LogP contribution in [0.1, 0.15) is 60.4 Å². The highest BCUT2D eigenvalue weighted by Crippen LogP contribution is 2.37. The largest absolute Gasteiger partial charge is 0.309 e. The smallest absolute Gasteiger partial charge is 0.0541 e. The molecule has 272 valence electrons. The Labute approximate surface area is 331 Å². The minimum atomic E-state index is 0.153. The highest BCUT2D eigenvalue weighted by molar-refractivity contribution is 6.09. The molecule has 1 nitrogen and oxygen atoms in total. The van der Waals surface area contributed by atoms with Gasteiger partial charge in [0.1, 0.15) is 0 Å². The lowest BCUT2D eigenvalue weighted by atomic mass is 9.84. The number of aryl methyl sites for hydroxylation is 2. The number of nitrogens with zero attached hydrogens (tertiary/aromatic N) is 1. The maximum atomic E-state index is 2.44. The first-order valence-electron chi connectivity index (χ1n) is 20.2. The quantitative estimate of drug-likeness (QED) is 0.117. The van der Waals surface area contributed by atoms with Gasteiger partial charge in [-0.05, 0) is 110 Å². The zero-order valence-corrected chi connectivity index (χ0v) is 32.3. The second-order valence-electron chi connectivity index (χ2n) is 15.1. The molecule has 1 heterocycles. The normalized spacial score (nSPS) is 12.0. The van der Waals surface area contributed by atoms with Crippen LogP contribution in [0.4, 0.5) is 0 Å². The Kier molecular flexibility index (Phi) is 9.91. The van der Waals surface area contributed by atoms with Crippen molar-refractivity contribution in [3.63, 3.8) is 0 Å². The first kappa shape index (κ1) is 35.3. The van der Waals surface area contributed by atoms with Gasteiger partial charge in [-0.2, -0.15) is 0 Å². The van der Waals surface area contributed by atoms with Gasteiger partial charge in [0, 0.05) is 22.4 Å². The first-order valence-corrected chi connectivity index (χ1v) is 20.2. The van der Waals surface area contributed by atoms with E-state index < -0.39 is 0 Å². The highest BCUT2D eigenvalue weighted by Gasteiger charge is 2.18. The minimum Gasteiger partial charge on any atom is -0.309 e.